The van der Waals surface area contributed by atoms with Crippen LogP contribution in [0.3, 0.4) is 0 Å². The van der Waals surface area contributed by atoms with Gasteiger partial charge in [0.15, 0.2) is 0 Å². The average Bonchev–Trinajstić information content (AvgIpc) is 2.97. The third-order valence-electron chi connectivity index (χ3n) is 4.88. The SMILES string of the molecule is CCN1CC[C@@H](NC2CCN(c3ccc(Cl)cc3)CC2)C1. The maximum atomic E-state index is 5.96. The Morgan fingerprint density at radius 2 is 1.71 bits per heavy atom. The summed E-state index contributed by atoms with van der Waals surface area (Å²) in [6.07, 6.45) is 3.79. The van der Waals surface area contributed by atoms with Crippen molar-refractivity contribution < 1.29 is 0 Å². The number of halogens is 1. The second kappa shape index (κ2) is 6.99. The fourth-order valence-corrected chi connectivity index (χ4v) is 3.67. The molecule has 0 unspecified atom stereocenters. The number of likely N-dealkylation sites (N-methyl/N-ethyl adjacent to an activating group) is 1. The third-order valence-corrected chi connectivity index (χ3v) is 5.13. The van der Waals surface area contributed by atoms with Crippen molar-refractivity contribution in [2.24, 2.45) is 0 Å². The van der Waals surface area contributed by atoms with Crippen LogP contribution in [0.4, 0.5) is 5.69 Å². The van der Waals surface area contributed by atoms with Crippen LogP contribution in [0.2, 0.25) is 5.02 Å². The van der Waals surface area contributed by atoms with Crippen molar-refractivity contribution in [1.82, 2.24) is 10.2 Å². The zero-order valence-corrected chi connectivity index (χ0v) is 13.6. The van der Waals surface area contributed by atoms with Gasteiger partial charge in [-0.25, -0.2) is 0 Å². The molecule has 2 fully saturated rings. The molecule has 0 aromatic heterocycles. The first-order valence-corrected chi connectivity index (χ1v) is 8.61. The van der Waals surface area contributed by atoms with Crippen LogP contribution in [0.25, 0.3) is 0 Å². The molecular formula is C17H26ClN3. The maximum Gasteiger partial charge on any atom is 0.0407 e. The molecule has 1 N–H and O–H groups in total. The lowest BCUT2D eigenvalue weighted by Gasteiger charge is -2.35. The minimum Gasteiger partial charge on any atom is -0.371 e. The number of nitrogens with one attached hydrogen (secondary N) is 1. The van der Waals surface area contributed by atoms with Crippen molar-refractivity contribution >= 4 is 17.3 Å². The Morgan fingerprint density at radius 1 is 1.05 bits per heavy atom. The van der Waals surface area contributed by atoms with E-state index in [2.05, 4.69) is 34.2 Å². The van der Waals surface area contributed by atoms with E-state index in [0.29, 0.717) is 12.1 Å². The van der Waals surface area contributed by atoms with Crippen molar-refractivity contribution in [3.63, 3.8) is 0 Å². The second-order valence-electron chi connectivity index (χ2n) is 6.28. The van der Waals surface area contributed by atoms with E-state index >= 15 is 0 Å². The van der Waals surface area contributed by atoms with Crippen molar-refractivity contribution in [2.75, 3.05) is 37.6 Å². The fraction of sp³-hybridized carbons (Fsp3) is 0.647. The highest BCUT2D eigenvalue weighted by molar-refractivity contribution is 6.30. The molecule has 0 spiro atoms. The molecular weight excluding hydrogens is 282 g/mol. The van der Waals surface area contributed by atoms with Crippen molar-refractivity contribution in [3.8, 4) is 0 Å². The summed E-state index contributed by atoms with van der Waals surface area (Å²) < 4.78 is 0. The number of hydrogen-bond donors (Lipinski definition) is 1. The molecule has 2 saturated heterocycles. The molecule has 0 radical (unpaired) electrons. The predicted octanol–water partition coefficient (Wildman–Crippen LogP) is 2.99. The Labute approximate surface area is 133 Å². The minimum absolute atomic E-state index is 0.690. The van der Waals surface area contributed by atoms with Crippen molar-refractivity contribution in [3.05, 3.63) is 29.3 Å². The number of anilines is 1. The van der Waals surface area contributed by atoms with Gasteiger partial charge in [-0.05, 0) is 56.6 Å². The van der Waals surface area contributed by atoms with Crippen molar-refractivity contribution in [2.45, 2.75) is 38.3 Å². The van der Waals surface area contributed by atoms with Gasteiger partial charge in [-0.2, -0.15) is 0 Å². The Hall–Kier alpha value is -0.770. The molecule has 21 heavy (non-hydrogen) atoms. The van der Waals surface area contributed by atoms with Gasteiger partial charge < -0.3 is 15.1 Å². The highest BCUT2D eigenvalue weighted by Crippen LogP contribution is 2.22. The van der Waals surface area contributed by atoms with Gasteiger partial charge in [0.1, 0.15) is 0 Å². The van der Waals surface area contributed by atoms with Gasteiger partial charge in [-0.1, -0.05) is 18.5 Å². The van der Waals surface area contributed by atoms with Gasteiger partial charge in [0.25, 0.3) is 0 Å². The maximum absolute atomic E-state index is 5.96. The number of likely N-dealkylation sites (tertiary alicyclic amines) is 1. The largest absolute Gasteiger partial charge is 0.371 e. The van der Waals surface area contributed by atoms with Crippen LogP contribution in [0.1, 0.15) is 26.2 Å². The Balaban J connectivity index is 1.46. The zero-order chi connectivity index (χ0) is 14.7. The summed E-state index contributed by atoms with van der Waals surface area (Å²) in [6.45, 7) is 8.22. The van der Waals surface area contributed by atoms with Crippen LogP contribution >= 0.6 is 11.6 Å². The van der Waals surface area contributed by atoms with Gasteiger partial charge in [-0.15, -0.1) is 0 Å². The van der Waals surface area contributed by atoms with Gasteiger partial charge in [0, 0.05) is 42.4 Å². The van der Waals surface area contributed by atoms with E-state index in [1.807, 2.05) is 12.1 Å². The van der Waals surface area contributed by atoms with E-state index in [1.165, 1.54) is 44.6 Å². The lowest BCUT2D eigenvalue weighted by molar-refractivity contribution is 0.325. The Kier molecular flexibility index (Phi) is 5.04. The molecule has 1 aromatic carbocycles. The summed E-state index contributed by atoms with van der Waals surface area (Å²) >= 11 is 5.96. The molecule has 116 valence electrons. The minimum atomic E-state index is 0.690. The van der Waals surface area contributed by atoms with Crippen LogP contribution < -0.4 is 10.2 Å². The van der Waals surface area contributed by atoms with E-state index in [0.717, 1.165) is 18.1 Å². The predicted molar refractivity (Wildman–Crippen MR) is 90.3 cm³/mol. The number of hydrogen-bond acceptors (Lipinski definition) is 3. The smallest absolute Gasteiger partial charge is 0.0407 e. The summed E-state index contributed by atoms with van der Waals surface area (Å²) in [5.41, 5.74) is 1.30. The standard InChI is InChI=1S/C17H26ClN3/c1-2-20-10-7-16(13-20)19-15-8-11-21(12-9-15)17-5-3-14(18)4-6-17/h3-6,15-16,19H,2,7-13H2,1H3/t16-/m1/s1. The molecule has 0 saturated carbocycles. The van der Waals surface area contributed by atoms with Gasteiger partial charge in [0.2, 0.25) is 0 Å². The van der Waals surface area contributed by atoms with E-state index in [-0.39, 0.29) is 0 Å². The molecule has 0 amide bonds. The number of benzene rings is 1. The van der Waals surface area contributed by atoms with Crippen LogP contribution in [0.5, 0.6) is 0 Å². The monoisotopic (exact) mass is 307 g/mol. The zero-order valence-electron chi connectivity index (χ0n) is 12.9. The molecule has 1 aromatic rings. The summed E-state index contributed by atoms with van der Waals surface area (Å²) in [5.74, 6) is 0. The molecule has 3 rings (SSSR count). The summed E-state index contributed by atoms with van der Waals surface area (Å²) in [5, 5.41) is 4.69. The molecule has 2 aliphatic heterocycles. The molecule has 2 aliphatic rings. The second-order valence-corrected chi connectivity index (χ2v) is 6.72. The highest BCUT2D eigenvalue weighted by atomic mass is 35.5. The van der Waals surface area contributed by atoms with Crippen LogP contribution in [0, 0.1) is 0 Å². The Morgan fingerprint density at radius 3 is 2.33 bits per heavy atom. The van der Waals surface area contributed by atoms with E-state index in [1.54, 1.807) is 0 Å². The first-order chi connectivity index (χ1) is 10.2. The molecule has 3 nitrogen and oxygen atoms in total. The van der Waals surface area contributed by atoms with E-state index in [9.17, 15) is 0 Å². The van der Waals surface area contributed by atoms with Gasteiger partial charge >= 0.3 is 0 Å². The molecule has 2 heterocycles. The van der Waals surface area contributed by atoms with Crippen LogP contribution in [-0.2, 0) is 0 Å². The first kappa shape index (κ1) is 15.1. The average molecular weight is 308 g/mol. The quantitative estimate of drug-likeness (QED) is 0.922. The lowest BCUT2D eigenvalue weighted by atomic mass is 10.0. The van der Waals surface area contributed by atoms with Gasteiger partial charge in [-0.3, -0.25) is 0 Å². The topological polar surface area (TPSA) is 18.5 Å². The third kappa shape index (κ3) is 3.91. The van der Waals surface area contributed by atoms with Gasteiger partial charge in [0.05, 0.1) is 0 Å². The van der Waals surface area contributed by atoms with E-state index in [4.69, 9.17) is 11.6 Å². The normalized spacial score (nSPS) is 24.7. The molecule has 1 atom stereocenters. The fourth-order valence-electron chi connectivity index (χ4n) is 3.55. The van der Waals surface area contributed by atoms with Crippen LogP contribution in [-0.4, -0.2) is 49.7 Å². The summed E-state index contributed by atoms with van der Waals surface area (Å²) in [6, 6.07) is 9.63. The highest BCUT2D eigenvalue weighted by Gasteiger charge is 2.26. The summed E-state index contributed by atoms with van der Waals surface area (Å²) in [4.78, 5) is 5.02. The molecule has 0 aliphatic carbocycles. The Bertz CT molecular complexity index is 440. The lowest BCUT2D eigenvalue weighted by Crippen LogP contribution is -2.47. The molecule has 4 heteroatoms. The number of rotatable bonds is 4. The van der Waals surface area contributed by atoms with Crippen LogP contribution in [0.15, 0.2) is 24.3 Å². The van der Waals surface area contributed by atoms with Crippen molar-refractivity contribution in [1.29, 1.82) is 0 Å². The molecule has 0 bridgehead atoms. The van der Waals surface area contributed by atoms with E-state index < -0.39 is 0 Å². The number of piperidine rings is 1. The first-order valence-electron chi connectivity index (χ1n) is 8.23. The summed E-state index contributed by atoms with van der Waals surface area (Å²) in [7, 11) is 0. The number of nitrogens with zero attached hydrogens (tertiary/aromatic N) is 2.